The van der Waals surface area contributed by atoms with E-state index < -0.39 is 11.9 Å². The van der Waals surface area contributed by atoms with Crippen LogP contribution in [0.2, 0.25) is 10.0 Å². The van der Waals surface area contributed by atoms with Crippen molar-refractivity contribution in [1.29, 1.82) is 0 Å². The molecule has 0 bridgehead atoms. The molecule has 27 heavy (non-hydrogen) atoms. The number of carbonyl (C=O) groups is 2. The Kier molecular flexibility index (Phi) is 7.76. The third-order valence-electron chi connectivity index (χ3n) is 3.66. The molecule has 0 aliphatic rings. The maximum Gasteiger partial charge on any atom is 0.305 e. The predicted molar refractivity (Wildman–Crippen MR) is 104 cm³/mol. The van der Waals surface area contributed by atoms with Crippen LogP contribution < -0.4 is 10.1 Å². The highest BCUT2D eigenvalue weighted by Crippen LogP contribution is 2.35. The number of aliphatic carboxylic acids is 2. The number of hydrogen-bond donors (Lipinski definition) is 3. The van der Waals surface area contributed by atoms with Gasteiger partial charge in [-0.3, -0.25) is 9.59 Å². The molecule has 144 valence electrons. The van der Waals surface area contributed by atoms with E-state index in [2.05, 4.69) is 5.32 Å². The number of halogens is 2. The quantitative estimate of drug-likeness (QED) is 0.533. The number of benzene rings is 2. The van der Waals surface area contributed by atoms with Crippen LogP contribution in [0.3, 0.4) is 0 Å². The van der Waals surface area contributed by atoms with Crippen molar-refractivity contribution in [1.82, 2.24) is 0 Å². The summed E-state index contributed by atoms with van der Waals surface area (Å²) < 4.78 is 5.73. The number of carboxylic acid groups (broad SMARTS) is 2. The minimum absolute atomic E-state index is 0.00542. The summed E-state index contributed by atoms with van der Waals surface area (Å²) in [6.07, 6.45) is 0.355. The second-order valence-electron chi connectivity index (χ2n) is 5.84. The van der Waals surface area contributed by atoms with Crippen molar-refractivity contribution in [3.63, 3.8) is 0 Å². The van der Waals surface area contributed by atoms with E-state index in [9.17, 15) is 9.59 Å². The molecule has 0 fully saturated rings. The lowest BCUT2D eigenvalue weighted by Gasteiger charge is -2.13. The van der Waals surface area contributed by atoms with Gasteiger partial charge >= 0.3 is 11.9 Å². The van der Waals surface area contributed by atoms with E-state index in [0.717, 1.165) is 16.8 Å². The summed E-state index contributed by atoms with van der Waals surface area (Å²) in [6, 6.07) is 10.7. The average Bonchev–Trinajstić information content (AvgIpc) is 2.59. The summed E-state index contributed by atoms with van der Waals surface area (Å²) in [6.45, 7) is 0.553. The lowest BCUT2D eigenvalue weighted by Crippen LogP contribution is -2.07. The molecular formula is C19H19Cl2NO5. The first-order valence-corrected chi connectivity index (χ1v) is 8.98. The Balaban J connectivity index is 1.99. The minimum atomic E-state index is -0.889. The van der Waals surface area contributed by atoms with Crippen LogP contribution in [0.15, 0.2) is 36.4 Å². The van der Waals surface area contributed by atoms with Crippen molar-refractivity contribution in [2.75, 3.05) is 11.9 Å². The molecule has 0 heterocycles. The van der Waals surface area contributed by atoms with Gasteiger partial charge in [0.2, 0.25) is 0 Å². The first-order valence-electron chi connectivity index (χ1n) is 8.22. The van der Waals surface area contributed by atoms with Gasteiger partial charge in [-0.25, -0.2) is 0 Å². The van der Waals surface area contributed by atoms with Crippen molar-refractivity contribution >= 4 is 40.8 Å². The van der Waals surface area contributed by atoms with Crippen LogP contribution in [0, 0.1) is 0 Å². The van der Waals surface area contributed by atoms with E-state index >= 15 is 0 Å². The second-order valence-corrected chi connectivity index (χ2v) is 6.66. The summed E-state index contributed by atoms with van der Waals surface area (Å²) in [5.41, 5.74) is 2.38. The molecule has 0 saturated heterocycles. The Morgan fingerprint density at radius 2 is 1.63 bits per heavy atom. The van der Waals surface area contributed by atoms with Gasteiger partial charge in [0.1, 0.15) is 6.61 Å². The van der Waals surface area contributed by atoms with Gasteiger partial charge in [-0.05, 0) is 41.8 Å². The first-order chi connectivity index (χ1) is 12.8. The highest BCUT2D eigenvalue weighted by atomic mass is 35.5. The number of ether oxygens (including phenoxy) is 1. The molecular weight excluding hydrogens is 393 g/mol. The van der Waals surface area contributed by atoms with Crippen LogP contribution in [0.4, 0.5) is 5.69 Å². The van der Waals surface area contributed by atoms with Crippen molar-refractivity contribution in [3.05, 3.63) is 57.6 Å². The zero-order valence-electron chi connectivity index (χ0n) is 14.4. The van der Waals surface area contributed by atoms with Gasteiger partial charge in [0.25, 0.3) is 0 Å². The largest absolute Gasteiger partial charge is 0.486 e. The Morgan fingerprint density at radius 1 is 0.963 bits per heavy atom. The summed E-state index contributed by atoms with van der Waals surface area (Å²) in [5, 5.41) is 21.1. The average molecular weight is 412 g/mol. The molecule has 0 unspecified atom stereocenters. The van der Waals surface area contributed by atoms with Crippen molar-refractivity contribution in [3.8, 4) is 5.75 Å². The van der Waals surface area contributed by atoms with Crippen molar-refractivity contribution in [2.24, 2.45) is 0 Å². The van der Waals surface area contributed by atoms with Gasteiger partial charge in [0, 0.05) is 18.7 Å². The second kappa shape index (κ2) is 10.0. The third-order valence-corrected chi connectivity index (χ3v) is 4.23. The SMILES string of the molecule is O=C(O)CCNc1cccc(COc2c(Cl)cc(CCC(=O)O)cc2Cl)c1. The molecule has 0 atom stereocenters. The molecule has 2 aromatic rings. The number of aryl methyl sites for hydroxylation is 1. The molecule has 0 radical (unpaired) electrons. The maximum absolute atomic E-state index is 10.7. The van der Waals surface area contributed by atoms with E-state index in [-0.39, 0.29) is 19.4 Å². The molecule has 0 aromatic heterocycles. The van der Waals surface area contributed by atoms with Crippen LogP contribution in [-0.4, -0.2) is 28.7 Å². The van der Waals surface area contributed by atoms with Crippen molar-refractivity contribution < 1.29 is 24.5 Å². The number of hydrogen-bond acceptors (Lipinski definition) is 4. The van der Waals surface area contributed by atoms with E-state index in [1.54, 1.807) is 12.1 Å². The molecule has 3 N–H and O–H groups in total. The monoisotopic (exact) mass is 411 g/mol. The molecule has 2 aromatic carbocycles. The Hall–Kier alpha value is -2.44. The Bertz CT molecular complexity index is 802. The fourth-order valence-electron chi connectivity index (χ4n) is 2.39. The van der Waals surface area contributed by atoms with Crippen LogP contribution in [0.5, 0.6) is 5.75 Å². The van der Waals surface area contributed by atoms with E-state index in [0.29, 0.717) is 28.8 Å². The number of nitrogens with one attached hydrogen (secondary N) is 1. The molecule has 0 aliphatic carbocycles. The molecule has 6 nitrogen and oxygen atoms in total. The number of rotatable bonds is 10. The van der Waals surface area contributed by atoms with Gasteiger partial charge in [-0.2, -0.15) is 0 Å². The van der Waals surface area contributed by atoms with Crippen LogP contribution in [0.1, 0.15) is 24.0 Å². The molecule has 8 heteroatoms. The van der Waals surface area contributed by atoms with Crippen LogP contribution in [0.25, 0.3) is 0 Å². The number of carboxylic acids is 2. The minimum Gasteiger partial charge on any atom is -0.486 e. The molecule has 0 aliphatic heterocycles. The van der Waals surface area contributed by atoms with Crippen molar-refractivity contribution in [2.45, 2.75) is 25.9 Å². The normalized spacial score (nSPS) is 10.4. The summed E-state index contributed by atoms with van der Waals surface area (Å²) >= 11 is 12.4. The Labute approximate surface area is 166 Å². The lowest BCUT2D eigenvalue weighted by molar-refractivity contribution is -0.137. The number of anilines is 1. The molecule has 2 rings (SSSR count). The highest BCUT2D eigenvalue weighted by Gasteiger charge is 2.11. The fraction of sp³-hybridized carbons (Fsp3) is 0.263. The van der Waals surface area contributed by atoms with Crippen LogP contribution >= 0.6 is 23.2 Å². The topological polar surface area (TPSA) is 95.9 Å². The molecule has 0 amide bonds. The highest BCUT2D eigenvalue weighted by molar-refractivity contribution is 6.37. The zero-order chi connectivity index (χ0) is 19.8. The zero-order valence-corrected chi connectivity index (χ0v) is 15.9. The van der Waals surface area contributed by atoms with Gasteiger partial charge in [0.05, 0.1) is 16.5 Å². The van der Waals surface area contributed by atoms with Gasteiger partial charge in [-0.1, -0.05) is 35.3 Å². The van der Waals surface area contributed by atoms with Crippen LogP contribution in [-0.2, 0) is 22.6 Å². The molecule has 0 saturated carbocycles. The van der Waals surface area contributed by atoms with Gasteiger partial charge < -0.3 is 20.3 Å². The lowest BCUT2D eigenvalue weighted by atomic mass is 10.1. The predicted octanol–water partition coefficient (Wildman–Crippen LogP) is 4.48. The van der Waals surface area contributed by atoms with E-state index in [1.807, 2.05) is 24.3 Å². The Morgan fingerprint density at radius 3 is 2.26 bits per heavy atom. The maximum atomic E-state index is 10.7. The van der Waals surface area contributed by atoms with E-state index in [4.69, 9.17) is 38.2 Å². The summed E-state index contributed by atoms with van der Waals surface area (Å²) in [7, 11) is 0. The standard InChI is InChI=1S/C19H19Cl2NO5/c20-15-9-12(4-5-17(23)24)10-16(21)19(15)27-11-13-2-1-3-14(8-13)22-7-6-18(25)26/h1-3,8-10,22H,4-7,11H2,(H,23,24)(H,25,26). The third kappa shape index (κ3) is 7.00. The van der Waals surface area contributed by atoms with Gasteiger partial charge in [-0.15, -0.1) is 0 Å². The molecule has 0 spiro atoms. The summed E-state index contributed by atoms with van der Waals surface area (Å²) in [5.74, 6) is -1.42. The smallest absolute Gasteiger partial charge is 0.305 e. The van der Waals surface area contributed by atoms with E-state index in [1.165, 1.54) is 0 Å². The fourth-order valence-corrected chi connectivity index (χ4v) is 3.03. The first kappa shape index (κ1) is 20.9. The van der Waals surface area contributed by atoms with Gasteiger partial charge in [0.15, 0.2) is 5.75 Å². The summed E-state index contributed by atoms with van der Waals surface area (Å²) in [4.78, 5) is 21.2.